The molecule has 0 radical (unpaired) electrons. The molecule has 0 aromatic heterocycles. The van der Waals surface area contributed by atoms with E-state index in [4.69, 9.17) is 5.73 Å². The van der Waals surface area contributed by atoms with Crippen LogP contribution in [0.5, 0.6) is 0 Å². The summed E-state index contributed by atoms with van der Waals surface area (Å²) in [5, 5.41) is 3.17. The van der Waals surface area contributed by atoms with Crippen molar-refractivity contribution in [3.8, 4) is 0 Å². The number of likely N-dealkylation sites (N-methyl/N-ethyl adjacent to an activating group) is 1. The average molecular weight is 416 g/mol. The number of likely N-dealkylation sites (tertiary alicyclic amines) is 1. The zero-order chi connectivity index (χ0) is 15.1. The Bertz CT molecular complexity index is 458. The number of halogens is 1. The zero-order valence-corrected chi connectivity index (χ0v) is 16.0. The van der Waals surface area contributed by atoms with Crippen LogP contribution < -0.4 is 11.1 Å². The van der Waals surface area contributed by atoms with Gasteiger partial charge in [-0.1, -0.05) is 32.4 Å². The van der Waals surface area contributed by atoms with Crippen molar-refractivity contribution in [1.82, 2.24) is 4.90 Å². The number of benzene rings is 1. The lowest BCUT2D eigenvalue weighted by atomic mass is 10.0. The molecule has 1 aromatic rings. The number of nitrogens with one attached hydrogen (secondary N) is 1. The Morgan fingerprint density at radius 3 is 2.64 bits per heavy atom. The largest absolute Gasteiger partial charge is 0.370 e. The topological polar surface area (TPSA) is 53.6 Å². The minimum atomic E-state index is 0. The van der Waals surface area contributed by atoms with Crippen molar-refractivity contribution in [2.24, 2.45) is 10.7 Å². The zero-order valence-electron chi connectivity index (χ0n) is 13.7. The van der Waals surface area contributed by atoms with E-state index in [1.54, 1.807) is 0 Å². The van der Waals surface area contributed by atoms with Crippen LogP contribution in [0, 0.1) is 0 Å². The fourth-order valence-electron chi connectivity index (χ4n) is 2.90. The van der Waals surface area contributed by atoms with Crippen LogP contribution in [0.3, 0.4) is 0 Å². The van der Waals surface area contributed by atoms with Crippen molar-refractivity contribution in [1.29, 1.82) is 0 Å². The molecule has 0 amide bonds. The first kappa shape index (κ1) is 19.2. The van der Waals surface area contributed by atoms with Crippen LogP contribution in [0.4, 0.5) is 5.69 Å². The summed E-state index contributed by atoms with van der Waals surface area (Å²) in [6, 6.07) is 8.90. The number of aryl methyl sites for hydroxylation is 1. The van der Waals surface area contributed by atoms with Gasteiger partial charge in [-0.2, -0.15) is 0 Å². The molecular weight excluding hydrogens is 387 g/mol. The number of hydrogen-bond donors (Lipinski definition) is 2. The number of nitrogens with zero attached hydrogens (tertiary/aromatic N) is 2. The van der Waals surface area contributed by atoms with Crippen LogP contribution in [0.1, 0.15) is 38.7 Å². The molecule has 3 N–H and O–H groups in total. The molecule has 0 spiro atoms. The van der Waals surface area contributed by atoms with E-state index < -0.39 is 0 Å². The quantitative estimate of drug-likeness (QED) is 0.439. The second-order valence-corrected chi connectivity index (χ2v) is 5.68. The van der Waals surface area contributed by atoms with E-state index in [0.717, 1.165) is 25.2 Å². The molecule has 1 saturated heterocycles. The molecule has 1 aliphatic rings. The SMILES string of the molecule is CCc1ccc(NC(N)=NCC2CCCCN2CC)cc1.I. The summed E-state index contributed by atoms with van der Waals surface area (Å²) in [6.45, 7) is 7.47. The molecule has 1 unspecified atom stereocenters. The Morgan fingerprint density at radius 1 is 1.27 bits per heavy atom. The number of hydrogen-bond acceptors (Lipinski definition) is 2. The molecular formula is C17H29IN4. The maximum Gasteiger partial charge on any atom is 0.193 e. The lowest BCUT2D eigenvalue weighted by molar-refractivity contribution is 0.161. The molecule has 0 aliphatic carbocycles. The van der Waals surface area contributed by atoms with E-state index in [1.807, 2.05) is 0 Å². The minimum absolute atomic E-state index is 0. The summed E-state index contributed by atoms with van der Waals surface area (Å²) >= 11 is 0. The maximum atomic E-state index is 6.00. The number of anilines is 1. The van der Waals surface area contributed by atoms with Gasteiger partial charge in [-0.05, 0) is 50.0 Å². The first-order chi connectivity index (χ1) is 10.2. The Hall–Kier alpha value is -0.820. The van der Waals surface area contributed by atoms with Crippen molar-refractivity contribution < 1.29 is 0 Å². The number of guanidine groups is 1. The highest BCUT2D eigenvalue weighted by Gasteiger charge is 2.20. The van der Waals surface area contributed by atoms with E-state index in [9.17, 15) is 0 Å². The molecule has 1 fully saturated rings. The Balaban J connectivity index is 0.00000242. The number of aliphatic imine (C=N–C) groups is 1. The average Bonchev–Trinajstić information content (AvgIpc) is 2.54. The molecule has 1 atom stereocenters. The first-order valence-corrected chi connectivity index (χ1v) is 8.12. The van der Waals surface area contributed by atoms with Gasteiger partial charge in [0, 0.05) is 11.7 Å². The minimum Gasteiger partial charge on any atom is -0.370 e. The van der Waals surface area contributed by atoms with E-state index in [2.05, 4.69) is 53.3 Å². The summed E-state index contributed by atoms with van der Waals surface area (Å²) in [7, 11) is 0. The van der Waals surface area contributed by atoms with Crippen LogP contribution >= 0.6 is 24.0 Å². The van der Waals surface area contributed by atoms with Crippen LogP contribution in [-0.2, 0) is 6.42 Å². The molecule has 0 bridgehead atoms. The van der Waals surface area contributed by atoms with Crippen LogP contribution in [0.2, 0.25) is 0 Å². The highest BCUT2D eigenvalue weighted by molar-refractivity contribution is 14.0. The Labute approximate surface area is 151 Å². The van der Waals surface area contributed by atoms with E-state index in [0.29, 0.717) is 12.0 Å². The third-order valence-corrected chi connectivity index (χ3v) is 4.26. The Kier molecular flexibility index (Phi) is 8.78. The van der Waals surface area contributed by atoms with E-state index in [-0.39, 0.29) is 24.0 Å². The second kappa shape index (κ2) is 10.0. The standard InChI is InChI=1S/C17H28N4.HI/c1-3-14-8-10-15(11-9-14)20-17(18)19-13-16-7-5-6-12-21(16)4-2;/h8-11,16H,3-7,12-13H2,1-2H3,(H3,18,19,20);1H. The monoisotopic (exact) mass is 416 g/mol. The highest BCUT2D eigenvalue weighted by Crippen LogP contribution is 2.16. The molecule has 2 rings (SSSR count). The first-order valence-electron chi connectivity index (χ1n) is 8.12. The molecule has 22 heavy (non-hydrogen) atoms. The fourth-order valence-corrected chi connectivity index (χ4v) is 2.90. The normalized spacial score (nSPS) is 19.5. The van der Waals surface area contributed by atoms with Gasteiger partial charge in [0.05, 0.1) is 6.54 Å². The van der Waals surface area contributed by atoms with Gasteiger partial charge in [0.1, 0.15) is 0 Å². The van der Waals surface area contributed by atoms with Gasteiger partial charge in [0.15, 0.2) is 5.96 Å². The fraction of sp³-hybridized carbons (Fsp3) is 0.588. The van der Waals surface area contributed by atoms with Crippen molar-refractivity contribution in [2.75, 3.05) is 25.0 Å². The van der Waals surface area contributed by atoms with Crippen LogP contribution in [-0.4, -0.2) is 36.5 Å². The summed E-state index contributed by atoms with van der Waals surface area (Å²) in [5.74, 6) is 0.515. The van der Waals surface area contributed by atoms with Gasteiger partial charge in [-0.3, -0.25) is 9.89 Å². The van der Waals surface area contributed by atoms with Crippen LogP contribution in [0.15, 0.2) is 29.3 Å². The summed E-state index contributed by atoms with van der Waals surface area (Å²) in [4.78, 5) is 7.04. The molecule has 1 heterocycles. The lowest BCUT2D eigenvalue weighted by Gasteiger charge is -2.33. The van der Waals surface area contributed by atoms with Gasteiger partial charge >= 0.3 is 0 Å². The van der Waals surface area contributed by atoms with Crippen LogP contribution in [0.25, 0.3) is 0 Å². The smallest absolute Gasteiger partial charge is 0.193 e. The summed E-state index contributed by atoms with van der Waals surface area (Å²) in [6.07, 6.45) is 4.91. The lowest BCUT2D eigenvalue weighted by Crippen LogP contribution is -2.41. The number of rotatable bonds is 5. The van der Waals surface area contributed by atoms with E-state index in [1.165, 1.54) is 31.4 Å². The van der Waals surface area contributed by atoms with Gasteiger partial charge in [-0.25, -0.2) is 0 Å². The maximum absolute atomic E-state index is 6.00. The van der Waals surface area contributed by atoms with Gasteiger partial charge in [0.25, 0.3) is 0 Å². The van der Waals surface area contributed by atoms with Gasteiger partial charge < -0.3 is 11.1 Å². The molecule has 0 saturated carbocycles. The molecule has 1 aromatic carbocycles. The van der Waals surface area contributed by atoms with Crippen molar-refractivity contribution in [2.45, 2.75) is 45.6 Å². The van der Waals surface area contributed by atoms with E-state index >= 15 is 0 Å². The molecule has 5 heteroatoms. The molecule has 124 valence electrons. The van der Waals surface area contributed by atoms with Crippen molar-refractivity contribution in [3.05, 3.63) is 29.8 Å². The number of piperidine rings is 1. The predicted molar refractivity (Wildman–Crippen MR) is 106 cm³/mol. The Morgan fingerprint density at radius 2 is 2.00 bits per heavy atom. The molecule has 1 aliphatic heterocycles. The molecule has 4 nitrogen and oxygen atoms in total. The van der Waals surface area contributed by atoms with Gasteiger partial charge in [0.2, 0.25) is 0 Å². The second-order valence-electron chi connectivity index (χ2n) is 5.68. The third-order valence-electron chi connectivity index (χ3n) is 4.26. The van der Waals surface area contributed by atoms with Gasteiger partial charge in [-0.15, -0.1) is 24.0 Å². The van der Waals surface area contributed by atoms with Crippen molar-refractivity contribution >= 4 is 35.6 Å². The number of nitrogens with two attached hydrogens (primary N) is 1. The highest BCUT2D eigenvalue weighted by atomic mass is 127. The predicted octanol–water partition coefficient (Wildman–Crippen LogP) is 3.47. The third kappa shape index (κ3) is 5.76. The van der Waals surface area contributed by atoms with Crippen molar-refractivity contribution in [3.63, 3.8) is 0 Å². The summed E-state index contributed by atoms with van der Waals surface area (Å²) in [5.41, 5.74) is 8.34. The summed E-state index contributed by atoms with van der Waals surface area (Å²) < 4.78 is 0.